The second-order valence-electron chi connectivity index (χ2n) is 4.37. The monoisotopic (exact) mass is 369 g/mol. The molecule has 106 valence electrons. The smallest absolute Gasteiger partial charge is 0.0454 e. The molecule has 2 aromatic carbocycles. The molecule has 2 aromatic rings. The molecule has 0 fully saturated rings. The van der Waals surface area contributed by atoms with Crippen molar-refractivity contribution in [2.45, 2.75) is 17.9 Å². The molecule has 1 atom stereocenters. The fourth-order valence-electron chi connectivity index (χ4n) is 2.00. The third-order valence-corrected chi connectivity index (χ3v) is 5.44. The highest BCUT2D eigenvalue weighted by Gasteiger charge is 2.14. The molecular formula is C16H17BrClNS. The lowest BCUT2D eigenvalue weighted by Crippen LogP contribution is -2.23. The number of thioether (sulfide) groups is 1. The van der Waals surface area contributed by atoms with E-state index >= 15 is 0 Å². The molecule has 0 aromatic heterocycles. The molecule has 0 saturated carbocycles. The quantitative estimate of drug-likeness (QED) is 0.669. The van der Waals surface area contributed by atoms with Gasteiger partial charge in [-0.15, -0.1) is 11.8 Å². The van der Waals surface area contributed by atoms with Crippen molar-refractivity contribution >= 4 is 39.3 Å². The van der Waals surface area contributed by atoms with Crippen LogP contribution in [0.15, 0.2) is 57.9 Å². The maximum atomic E-state index is 6.31. The van der Waals surface area contributed by atoms with Gasteiger partial charge in [0.2, 0.25) is 0 Å². The van der Waals surface area contributed by atoms with Crippen molar-refractivity contribution in [2.75, 3.05) is 12.3 Å². The molecule has 0 bridgehead atoms. The first-order valence-electron chi connectivity index (χ1n) is 6.57. The van der Waals surface area contributed by atoms with E-state index in [4.69, 9.17) is 11.6 Å². The van der Waals surface area contributed by atoms with E-state index in [2.05, 4.69) is 52.4 Å². The lowest BCUT2D eigenvalue weighted by Gasteiger charge is -2.19. The van der Waals surface area contributed by atoms with Crippen molar-refractivity contribution in [3.63, 3.8) is 0 Å². The first-order chi connectivity index (χ1) is 9.72. The second kappa shape index (κ2) is 8.08. The zero-order valence-corrected chi connectivity index (χ0v) is 14.4. The Balaban J connectivity index is 2.11. The average molecular weight is 371 g/mol. The molecule has 0 radical (unpaired) electrons. The predicted molar refractivity (Wildman–Crippen MR) is 92.7 cm³/mol. The van der Waals surface area contributed by atoms with Crippen molar-refractivity contribution in [1.29, 1.82) is 0 Å². The molecule has 0 aliphatic heterocycles. The zero-order valence-electron chi connectivity index (χ0n) is 11.3. The molecule has 0 saturated heterocycles. The van der Waals surface area contributed by atoms with Crippen molar-refractivity contribution in [1.82, 2.24) is 5.32 Å². The van der Waals surface area contributed by atoms with Gasteiger partial charge in [-0.1, -0.05) is 48.9 Å². The van der Waals surface area contributed by atoms with Crippen LogP contribution in [0.3, 0.4) is 0 Å². The van der Waals surface area contributed by atoms with Gasteiger partial charge < -0.3 is 5.32 Å². The fraction of sp³-hybridized carbons (Fsp3) is 0.250. The number of halogens is 2. The second-order valence-corrected chi connectivity index (χ2v) is 6.70. The molecule has 20 heavy (non-hydrogen) atoms. The molecule has 0 spiro atoms. The minimum atomic E-state index is 0.255. The summed E-state index contributed by atoms with van der Waals surface area (Å²) in [4.78, 5) is 1.25. The molecule has 0 heterocycles. The zero-order chi connectivity index (χ0) is 14.4. The largest absolute Gasteiger partial charge is 0.309 e. The van der Waals surface area contributed by atoms with Gasteiger partial charge in [0.05, 0.1) is 0 Å². The molecule has 4 heteroatoms. The van der Waals surface area contributed by atoms with Gasteiger partial charge in [-0.25, -0.2) is 0 Å². The van der Waals surface area contributed by atoms with E-state index in [9.17, 15) is 0 Å². The average Bonchev–Trinajstić information content (AvgIpc) is 2.46. The Bertz CT molecular complexity index is 562. The van der Waals surface area contributed by atoms with Crippen molar-refractivity contribution in [3.05, 3.63) is 63.6 Å². The number of hydrogen-bond donors (Lipinski definition) is 1. The molecule has 1 N–H and O–H groups in total. The third-order valence-electron chi connectivity index (χ3n) is 2.97. The van der Waals surface area contributed by atoms with Crippen molar-refractivity contribution in [3.8, 4) is 0 Å². The summed E-state index contributed by atoms with van der Waals surface area (Å²) in [5, 5.41) is 4.33. The minimum absolute atomic E-state index is 0.255. The molecule has 2 rings (SSSR count). The Morgan fingerprint density at radius 2 is 1.85 bits per heavy atom. The van der Waals surface area contributed by atoms with Gasteiger partial charge in [-0.3, -0.25) is 0 Å². The Labute approximate surface area is 138 Å². The van der Waals surface area contributed by atoms with E-state index in [1.165, 1.54) is 4.90 Å². The maximum absolute atomic E-state index is 6.31. The highest BCUT2D eigenvalue weighted by Crippen LogP contribution is 2.32. The Kier molecular flexibility index (Phi) is 6.43. The first kappa shape index (κ1) is 15.9. The van der Waals surface area contributed by atoms with Gasteiger partial charge in [0, 0.05) is 26.2 Å². The Hall–Kier alpha value is -0.480. The topological polar surface area (TPSA) is 12.0 Å². The van der Waals surface area contributed by atoms with E-state index < -0.39 is 0 Å². The maximum Gasteiger partial charge on any atom is 0.0454 e. The molecule has 0 amide bonds. The summed E-state index contributed by atoms with van der Waals surface area (Å²) in [7, 11) is 0. The van der Waals surface area contributed by atoms with Crippen LogP contribution < -0.4 is 5.32 Å². The van der Waals surface area contributed by atoms with Crippen LogP contribution in [-0.2, 0) is 0 Å². The van der Waals surface area contributed by atoms with Gasteiger partial charge in [0.15, 0.2) is 0 Å². The van der Waals surface area contributed by atoms with Gasteiger partial charge in [0.1, 0.15) is 0 Å². The van der Waals surface area contributed by atoms with E-state index in [0.29, 0.717) is 0 Å². The van der Waals surface area contributed by atoms with Gasteiger partial charge in [-0.2, -0.15) is 0 Å². The predicted octanol–water partition coefficient (Wildman–Crippen LogP) is 5.55. The lowest BCUT2D eigenvalue weighted by molar-refractivity contribution is 0.606. The van der Waals surface area contributed by atoms with E-state index in [1.807, 2.05) is 36.0 Å². The molecular weight excluding hydrogens is 354 g/mol. The van der Waals surface area contributed by atoms with E-state index in [0.717, 1.165) is 27.4 Å². The molecule has 0 aliphatic rings. The third kappa shape index (κ3) is 4.26. The summed E-state index contributed by atoms with van der Waals surface area (Å²) in [6, 6.07) is 16.6. The van der Waals surface area contributed by atoms with Crippen LogP contribution in [0.5, 0.6) is 0 Å². The summed E-state index contributed by atoms with van der Waals surface area (Å²) in [6.45, 7) is 3.04. The van der Waals surface area contributed by atoms with Crippen LogP contribution >= 0.6 is 39.3 Å². The van der Waals surface area contributed by atoms with Crippen LogP contribution in [-0.4, -0.2) is 12.3 Å². The van der Waals surface area contributed by atoms with Gasteiger partial charge >= 0.3 is 0 Å². The van der Waals surface area contributed by atoms with Gasteiger partial charge in [-0.05, 0) is 46.2 Å². The Morgan fingerprint density at radius 1 is 1.15 bits per heavy atom. The fourth-order valence-corrected chi connectivity index (χ4v) is 3.92. The highest BCUT2D eigenvalue weighted by molar-refractivity contribution is 9.10. The summed E-state index contributed by atoms with van der Waals surface area (Å²) in [5.41, 5.74) is 1.16. The van der Waals surface area contributed by atoms with Crippen molar-refractivity contribution < 1.29 is 0 Å². The summed E-state index contributed by atoms with van der Waals surface area (Å²) in [5.74, 6) is 0.945. The van der Waals surface area contributed by atoms with E-state index in [1.54, 1.807) is 0 Å². The van der Waals surface area contributed by atoms with Crippen LogP contribution in [0.1, 0.15) is 18.5 Å². The van der Waals surface area contributed by atoms with E-state index in [-0.39, 0.29) is 6.04 Å². The highest BCUT2D eigenvalue weighted by atomic mass is 79.9. The van der Waals surface area contributed by atoms with Crippen LogP contribution in [0, 0.1) is 0 Å². The number of benzene rings is 2. The first-order valence-corrected chi connectivity index (χ1v) is 8.73. The number of rotatable bonds is 6. The lowest BCUT2D eigenvalue weighted by atomic mass is 10.1. The standard InChI is InChI=1S/C16H17BrClNS/c1-2-19-15(12-7-3-5-9-14(12)18)11-20-16-10-6-4-8-13(16)17/h3-10,15,19H,2,11H2,1H3. The van der Waals surface area contributed by atoms with Crippen LogP contribution in [0.4, 0.5) is 0 Å². The number of hydrogen-bond acceptors (Lipinski definition) is 2. The summed E-state index contributed by atoms with van der Waals surface area (Å²) in [6.07, 6.45) is 0. The van der Waals surface area contributed by atoms with Crippen LogP contribution in [0.25, 0.3) is 0 Å². The Morgan fingerprint density at radius 3 is 2.55 bits per heavy atom. The SMILES string of the molecule is CCNC(CSc1ccccc1Br)c1ccccc1Cl. The normalized spacial score (nSPS) is 12.3. The van der Waals surface area contributed by atoms with Gasteiger partial charge in [0.25, 0.3) is 0 Å². The molecule has 1 unspecified atom stereocenters. The summed E-state index contributed by atoms with van der Waals surface area (Å²) >= 11 is 11.7. The summed E-state index contributed by atoms with van der Waals surface area (Å²) < 4.78 is 1.14. The minimum Gasteiger partial charge on any atom is -0.309 e. The van der Waals surface area contributed by atoms with Crippen molar-refractivity contribution in [2.24, 2.45) is 0 Å². The molecule has 1 nitrogen and oxygen atoms in total. The number of nitrogens with one attached hydrogen (secondary N) is 1. The molecule has 0 aliphatic carbocycles. The van der Waals surface area contributed by atoms with Crippen LogP contribution in [0.2, 0.25) is 5.02 Å².